The van der Waals surface area contributed by atoms with Crippen LogP contribution in [0.3, 0.4) is 0 Å². The van der Waals surface area contributed by atoms with E-state index in [1.165, 1.54) is 0 Å². The standard InChI is InChI=1S/C20H21BrN2O4/c1-13-19(24)23(16-8-9-17(26-2)18(12-16)27-3)11-10-22(13)20(25)14-4-6-15(21)7-5-14/h4-9,12-13H,10-11H2,1-3H3. The number of piperazine rings is 1. The Morgan fingerprint density at radius 2 is 1.70 bits per heavy atom. The summed E-state index contributed by atoms with van der Waals surface area (Å²) in [6, 6.07) is 12.0. The molecule has 1 aliphatic heterocycles. The number of rotatable bonds is 4. The van der Waals surface area contributed by atoms with E-state index in [0.717, 1.165) is 10.2 Å². The molecule has 0 N–H and O–H groups in total. The van der Waals surface area contributed by atoms with Crippen LogP contribution < -0.4 is 14.4 Å². The highest BCUT2D eigenvalue weighted by Gasteiger charge is 2.35. The molecule has 0 bridgehead atoms. The van der Waals surface area contributed by atoms with Gasteiger partial charge in [0.15, 0.2) is 11.5 Å². The average Bonchev–Trinajstić information content (AvgIpc) is 2.69. The predicted octanol–water partition coefficient (Wildman–Crippen LogP) is 3.34. The number of carbonyl (C=O) groups excluding carboxylic acids is 2. The zero-order valence-electron chi connectivity index (χ0n) is 15.4. The minimum absolute atomic E-state index is 0.126. The maximum Gasteiger partial charge on any atom is 0.254 e. The van der Waals surface area contributed by atoms with Gasteiger partial charge in [0.05, 0.1) is 14.2 Å². The number of halogens is 1. The predicted molar refractivity (Wildman–Crippen MR) is 107 cm³/mol. The number of amides is 2. The van der Waals surface area contributed by atoms with Gasteiger partial charge >= 0.3 is 0 Å². The normalized spacial score (nSPS) is 17.0. The zero-order chi connectivity index (χ0) is 19.6. The van der Waals surface area contributed by atoms with E-state index in [4.69, 9.17) is 9.47 Å². The van der Waals surface area contributed by atoms with Crippen molar-refractivity contribution in [3.8, 4) is 11.5 Å². The van der Waals surface area contributed by atoms with Crippen LogP contribution in [0, 0.1) is 0 Å². The van der Waals surface area contributed by atoms with Gasteiger partial charge in [-0.2, -0.15) is 0 Å². The fourth-order valence-corrected chi connectivity index (χ4v) is 3.42. The topological polar surface area (TPSA) is 59.1 Å². The van der Waals surface area contributed by atoms with Gasteiger partial charge in [-0.15, -0.1) is 0 Å². The Labute approximate surface area is 166 Å². The van der Waals surface area contributed by atoms with Crippen LogP contribution in [-0.2, 0) is 4.79 Å². The lowest BCUT2D eigenvalue weighted by Gasteiger charge is -2.39. The fourth-order valence-electron chi connectivity index (χ4n) is 3.16. The van der Waals surface area contributed by atoms with Crippen LogP contribution in [0.15, 0.2) is 46.9 Å². The van der Waals surface area contributed by atoms with E-state index in [2.05, 4.69) is 15.9 Å². The molecule has 27 heavy (non-hydrogen) atoms. The summed E-state index contributed by atoms with van der Waals surface area (Å²) >= 11 is 3.36. The van der Waals surface area contributed by atoms with Crippen molar-refractivity contribution in [2.45, 2.75) is 13.0 Å². The molecule has 1 aliphatic rings. The summed E-state index contributed by atoms with van der Waals surface area (Å²) in [4.78, 5) is 29.0. The summed E-state index contributed by atoms with van der Waals surface area (Å²) in [5.74, 6) is 0.892. The van der Waals surface area contributed by atoms with Crippen molar-refractivity contribution in [3.05, 3.63) is 52.5 Å². The molecule has 7 heteroatoms. The van der Waals surface area contributed by atoms with E-state index in [9.17, 15) is 9.59 Å². The summed E-state index contributed by atoms with van der Waals surface area (Å²) in [6.07, 6.45) is 0. The summed E-state index contributed by atoms with van der Waals surface area (Å²) in [7, 11) is 3.12. The largest absolute Gasteiger partial charge is 0.493 e. The second kappa shape index (κ2) is 8.00. The molecule has 1 fully saturated rings. The molecule has 0 radical (unpaired) electrons. The van der Waals surface area contributed by atoms with Crippen LogP contribution in [0.4, 0.5) is 5.69 Å². The number of carbonyl (C=O) groups is 2. The van der Waals surface area contributed by atoms with Crippen molar-refractivity contribution in [3.63, 3.8) is 0 Å². The molecule has 1 saturated heterocycles. The van der Waals surface area contributed by atoms with E-state index in [-0.39, 0.29) is 11.8 Å². The lowest BCUT2D eigenvalue weighted by molar-refractivity contribution is -0.124. The van der Waals surface area contributed by atoms with E-state index < -0.39 is 6.04 Å². The van der Waals surface area contributed by atoms with Crippen LogP contribution in [0.2, 0.25) is 0 Å². The Balaban J connectivity index is 1.80. The maximum absolute atomic E-state index is 12.9. The molecule has 0 saturated carbocycles. The first-order valence-corrected chi connectivity index (χ1v) is 9.35. The molecule has 2 aromatic carbocycles. The summed E-state index contributed by atoms with van der Waals surface area (Å²) < 4.78 is 11.5. The molecule has 0 spiro atoms. The van der Waals surface area contributed by atoms with E-state index in [1.807, 2.05) is 18.2 Å². The molecular weight excluding hydrogens is 412 g/mol. The molecule has 2 amide bonds. The van der Waals surface area contributed by atoms with Crippen molar-refractivity contribution in [1.82, 2.24) is 4.90 Å². The molecule has 0 aromatic heterocycles. The van der Waals surface area contributed by atoms with Crippen LogP contribution in [0.5, 0.6) is 11.5 Å². The maximum atomic E-state index is 12.9. The van der Waals surface area contributed by atoms with Gasteiger partial charge in [0, 0.05) is 34.9 Å². The quantitative estimate of drug-likeness (QED) is 0.742. The van der Waals surface area contributed by atoms with E-state index >= 15 is 0 Å². The van der Waals surface area contributed by atoms with Crippen molar-refractivity contribution >= 4 is 33.4 Å². The highest BCUT2D eigenvalue weighted by atomic mass is 79.9. The molecule has 6 nitrogen and oxygen atoms in total. The monoisotopic (exact) mass is 432 g/mol. The summed E-state index contributed by atoms with van der Waals surface area (Å²) in [5, 5.41) is 0. The number of hydrogen-bond donors (Lipinski definition) is 0. The first kappa shape index (κ1) is 19.2. The van der Waals surface area contributed by atoms with Crippen molar-refractivity contribution in [1.29, 1.82) is 0 Å². The van der Waals surface area contributed by atoms with Gasteiger partial charge in [-0.3, -0.25) is 9.59 Å². The first-order chi connectivity index (χ1) is 13.0. The van der Waals surface area contributed by atoms with Gasteiger partial charge in [0.1, 0.15) is 6.04 Å². The highest BCUT2D eigenvalue weighted by Crippen LogP contribution is 2.32. The Hall–Kier alpha value is -2.54. The minimum Gasteiger partial charge on any atom is -0.493 e. The molecule has 2 aromatic rings. The van der Waals surface area contributed by atoms with Gasteiger partial charge < -0.3 is 19.3 Å². The van der Waals surface area contributed by atoms with Gasteiger partial charge in [0.25, 0.3) is 5.91 Å². The second-order valence-electron chi connectivity index (χ2n) is 6.21. The molecule has 1 unspecified atom stereocenters. The number of hydrogen-bond acceptors (Lipinski definition) is 4. The number of benzene rings is 2. The average molecular weight is 433 g/mol. The van der Waals surface area contributed by atoms with Gasteiger partial charge in [0.2, 0.25) is 5.91 Å². The van der Waals surface area contributed by atoms with Crippen LogP contribution in [-0.4, -0.2) is 50.1 Å². The number of nitrogens with zero attached hydrogens (tertiary/aromatic N) is 2. The Bertz CT molecular complexity index is 854. The van der Waals surface area contributed by atoms with Gasteiger partial charge in [-0.25, -0.2) is 0 Å². The molecule has 142 valence electrons. The van der Waals surface area contributed by atoms with Crippen LogP contribution in [0.25, 0.3) is 0 Å². The van der Waals surface area contributed by atoms with Crippen molar-refractivity contribution < 1.29 is 19.1 Å². The molecule has 1 heterocycles. The zero-order valence-corrected chi connectivity index (χ0v) is 17.0. The second-order valence-corrected chi connectivity index (χ2v) is 7.13. The number of ether oxygens (including phenoxy) is 2. The third-order valence-corrected chi connectivity index (χ3v) is 5.21. The number of anilines is 1. The van der Waals surface area contributed by atoms with E-state index in [1.54, 1.807) is 55.2 Å². The van der Waals surface area contributed by atoms with Crippen LogP contribution in [0.1, 0.15) is 17.3 Å². The van der Waals surface area contributed by atoms with Crippen LogP contribution >= 0.6 is 15.9 Å². The molecule has 1 atom stereocenters. The Kier molecular flexibility index (Phi) is 5.70. The molecule has 0 aliphatic carbocycles. The Morgan fingerprint density at radius 3 is 2.33 bits per heavy atom. The van der Waals surface area contributed by atoms with Gasteiger partial charge in [-0.05, 0) is 43.3 Å². The lowest BCUT2D eigenvalue weighted by Crippen LogP contribution is -2.57. The van der Waals surface area contributed by atoms with Crippen molar-refractivity contribution in [2.24, 2.45) is 0 Å². The third kappa shape index (κ3) is 3.78. The fraction of sp³-hybridized carbons (Fsp3) is 0.300. The smallest absolute Gasteiger partial charge is 0.254 e. The molecular formula is C20H21BrN2O4. The molecule has 3 rings (SSSR count). The first-order valence-electron chi connectivity index (χ1n) is 8.56. The Morgan fingerprint density at radius 1 is 1.04 bits per heavy atom. The summed E-state index contributed by atoms with van der Waals surface area (Å²) in [6.45, 7) is 2.63. The third-order valence-electron chi connectivity index (χ3n) is 4.69. The SMILES string of the molecule is COc1ccc(N2CCN(C(=O)c3ccc(Br)cc3)C(C)C2=O)cc1OC. The highest BCUT2D eigenvalue weighted by molar-refractivity contribution is 9.10. The number of methoxy groups -OCH3 is 2. The lowest BCUT2D eigenvalue weighted by atomic mass is 10.1. The minimum atomic E-state index is -0.553. The van der Waals surface area contributed by atoms with Crippen molar-refractivity contribution in [2.75, 3.05) is 32.2 Å². The summed E-state index contributed by atoms with van der Waals surface area (Å²) in [5.41, 5.74) is 1.29. The van der Waals surface area contributed by atoms with Gasteiger partial charge in [-0.1, -0.05) is 15.9 Å². The van der Waals surface area contributed by atoms with E-state index in [0.29, 0.717) is 30.2 Å².